The number of hydrogen-bond donors (Lipinski definition) is 2. The lowest BCUT2D eigenvalue weighted by Gasteiger charge is -2.10. The van der Waals surface area contributed by atoms with Crippen molar-refractivity contribution in [2.24, 2.45) is 0 Å². The summed E-state index contributed by atoms with van der Waals surface area (Å²) < 4.78 is 13.5. The average molecular weight is 449 g/mol. The molecule has 1 aliphatic rings. The molecule has 0 saturated carbocycles. The number of nitrogens with one attached hydrogen (secondary N) is 2. The second kappa shape index (κ2) is 9.38. The van der Waals surface area contributed by atoms with E-state index in [1.807, 2.05) is 24.4 Å². The van der Waals surface area contributed by atoms with Crippen molar-refractivity contribution in [2.75, 3.05) is 40.1 Å². The number of ether oxygens (including phenoxy) is 2. The topological polar surface area (TPSA) is 84.8 Å². The van der Waals surface area contributed by atoms with Crippen LogP contribution in [-0.4, -0.2) is 56.1 Å². The summed E-state index contributed by atoms with van der Waals surface area (Å²) in [6.07, 6.45) is 4.82. The highest BCUT2D eigenvalue weighted by Crippen LogP contribution is 2.35. The number of urea groups is 1. The molecule has 4 rings (SSSR count). The lowest BCUT2D eigenvalue weighted by molar-refractivity contribution is 0.101. The van der Waals surface area contributed by atoms with Crippen LogP contribution in [-0.2, 0) is 6.54 Å². The molecule has 0 spiro atoms. The summed E-state index contributed by atoms with van der Waals surface area (Å²) in [5, 5.41) is 6.17. The molecule has 0 saturated heterocycles. The SMILES string of the molecule is CNC(=O)Nc1ccc2c(c1)O/C(=C\c1cn(CCCN(C)C)c3ccc(OC)cc13)C2=O. The molecule has 0 fully saturated rings. The van der Waals surface area contributed by atoms with E-state index in [2.05, 4.69) is 34.2 Å². The second-order valence-corrected chi connectivity index (χ2v) is 8.17. The van der Waals surface area contributed by atoms with Gasteiger partial charge in [-0.05, 0) is 63.5 Å². The number of aryl methyl sites for hydroxylation is 1. The Hall–Kier alpha value is -3.78. The number of nitrogens with zero attached hydrogens (tertiary/aromatic N) is 2. The van der Waals surface area contributed by atoms with Gasteiger partial charge in [-0.1, -0.05) is 0 Å². The zero-order valence-electron chi connectivity index (χ0n) is 19.3. The first-order chi connectivity index (χ1) is 15.9. The minimum absolute atomic E-state index is 0.187. The number of amides is 2. The van der Waals surface area contributed by atoms with E-state index in [0.29, 0.717) is 17.0 Å². The maximum absolute atomic E-state index is 13.0. The molecular formula is C25H28N4O4. The first kappa shape index (κ1) is 22.4. The highest BCUT2D eigenvalue weighted by molar-refractivity contribution is 6.15. The molecule has 0 radical (unpaired) electrons. The summed E-state index contributed by atoms with van der Waals surface area (Å²) in [5.41, 5.74) is 2.97. The van der Waals surface area contributed by atoms with Crippen molar-refractivity contribution in [3.05, 3.63) is 59.5 Å². The highest BCUT2D eigenvalue weighted by Gasteiger charge is 2.28. The fourth-order valence-electron chi connectivity index (χ4n) is 3.89. The Kier molecular flexibility index (Phi) is 6.37. The molecule has 3 aromatic rings. The van der Waals surface area contributed by atoms with Crippen LogP contribution in [0.5, 0.6) is 11.5 Å². The third-order valence-corrected chi connectivity index (χ3v) is 5.56. The molecule has 8 nitrogen and oxygen atoms in total. The lowest BCUT2D eigenvalue weighted by Crippen LogP contribution is -2.24. The van der Waals surface area contributed by atoms with Gasteiger partial charge in [0, 0.05) is 48.0 Å². The van der Waals surface area contributed by atoms with E-state index in [9.17, 15) is 9.59 Å². The first-order valence-electron chi connectivity index (χ1n) is 10.8. The molecule has 1 aliphatic heterocycles. The lowest BCUT2D eigenvalue weighted by atomic mass is 10.1. The summed E-state index contributed by atoms with van der Waals surface area (Å²) in [5.74, 6) is 1.23. The smallest absolute Gasteiger partial charge is 0.318 e. The summed E-state index contributed by atoms with van der Waals surface area (Å²) in [4.78, 5) is 26.7. The number of allylic oxidation sites excluding steroid dienone is 1. The van der Waals surface area contributed by atoms with Crippen LogP contribution in [0.25, 0.3) is 17.0 Å². The molecule has 0 unspecified atom stereocenters. The van der Waals surface area contributed by atoms with Gasteiger partial charge in [-0.2, -0.15) is 0 Å². The Balaban J connectivity index is 1.67. The van der Waals surface area contributed by atoms with Gasteiger partial charge in [0.1, 0.15) is 11.5 Å². The van der Waals surface area contributed by atoms with Gasteiger partial charge in [0.15, 0.2) is 5.76 Å². The van der Waals surface area contributed by atoms with Crippen LogP contribution < -0.4 is 20.1 Å². The molecule has 0 bridgehead atoms. The van der Waals surface area contributed by atoms with Crippen LogP contribution in [0.2, 0.25) is 0 Å². The Morgan fingerprint density at radius 2 is 2.03 bits per heavy atom. The number of anilines is 1. The molecule has 33 heavy (non-hydrogen) atoms. The van der Waals surface area contributed by atoms with Gasteiger partial charge in [-0.3, -0.25) is 4.79 Å². The first-order valence-corrected chi connectivity index (χ1v) is 10.8. The van der Waals surface area contributed by atoms with Crippen LogP contribution in [0.1, 0.15) is 22.3 Å². The zero-order chi connectivity index (χ0) is 23.5. The monoisotopic (exact) mass is 448 g/mol. The third-order valence-electron chi connectivity index (χ3n) is 5.56. The number of carbonyl (C=O) groups excluding carboxylic acids is 2. The number of benzene rings is 2. The van der Waals surface area contributed by atoms with Gasteiger partial charge >= 0.3 is 6.03 Å². The largest absolute Gasteiger partial charge is 0.497 e. The molecule has 172 valence electrons. The Morgan fingerprint density at radius 3 is 2.76 bits per heavy atom. The zero-order valence-corrected chi connectivity index (χ0v) is 19.3. The van der Waals surface area contributed by atoms with Crippen molar-refractivity contribution in [1.82, 2.24) is 14.8 Å². The minimum Gasteiger partial charge on any atom is -0.497 e. The van der Waals surface area contributed by atoms with Crippen molar-refractivity contribution < 1.29 is 19.1 Å². The molecule has 0 aliphatic carbocycles. The summed E-state index contributed by atoms with van der Waals surface area (Å²) in [6.45, 7) is 1.84. The van der Waals surface area contributed by atoms with Crippen LogP contribution >= 0.6 is 0 Å². The molecule has 2 aromatic carbocycles. The number of methoxy groups -OCH3 is 1. The predicted molar refractivity (Wildman–Crippen MR) is 129 cm³/mol. The Labute approximate surface area is 192 Å². The van der Waals surface area contributed by atoms with Gasteiger partial charge < -0.3 is 29.6 Å². The van der Waals surface area contributed by atoms with Gasteiger partial charge in [0.05, 0.1) is 12.7 Å². The molecule has 0 atom stereocenters. The normalized spacial score (nSPS) is 14.0. The number of fused-ring (bicyclic) bond motifs is 2. The van der Waals surface area contributed by atoms with Gasteiger partial charge in [-0.25, -0.2) is 4.79 Å². The van der Waals surface area contributed by atoms with Crippen molar-refractivity contribution in [3.63, 3.8) is 0 Å². The molecule has 2 amide bonds. The number of aromatic nitrogens is 1. The standard InChI is InChI=1S/C25H28N4O4/c1-26-25(31)27-17-6-8-19-22(13-17)33-23(24(19)30)12-16-15-29(11-5-10-28(2)3)21-9-7-18(32-4)14-20(16)21/h6-9,12-15H,5,10-11H2,1-4H3,(H2,26,27,31)/b23-12-. The number of hydrogen-bond acceptors (Lipinski definition) is 5. The Bertz CT molecular complexity index is 1240. The maximum Gasteiger partial charge on any atom is 0.318 e. The van der Waals surface area contributed by atoms with E-state index in [-0.39, 0.29) is 17.6 Å². The van der Waals surface area contributed by atoms with Crippen molar-refractivity contribution in [2.45, 2.75) is 13.0 Å². The van der Waals surface area contributed by atoms with Crippen molar-refractivity contribution in [3.8, 4) is 11.5 Å². The van der Waals surface area contributed by atoms with Crippen molar-refractivity contribution >= 4 is 34.5 Å². The average Bonchev–Trinajstić information content (AvgIpc) is 3.30. The second-order valence-electron chi connectivity index (χ2n) is 8.17. The quantitative estimate of drug-likeness (QED) is 0.535. The van der Waals surface area contributed by atoms with E-state index in [0.717, 1.165) is 41.7 Å². The van der Waals surface area contributed by atoms with Crippen LogP contribution in [0.4, 0.5) is 10.5 Å². The Morgan fingerprint density at radius 1 is 1.21 bits per heavy atom. The van der Waals surface area contributed by atoms with E-state index in [4.69, 9.17) is 9.47 Å². The van der Waals surface area contributed by atoms with E-state index in [1.165, 1.54) is 7.05 Å². The number of Topliss-reactive ketones (excluding diaryl/α,β-unsaturated/α-hetero) is 1. The predicted octanol–water partition coefficient (Wildman–Crippen LogP) is 3.97. The minimum atomic E-state index is -0.342. The van der Waals surface area contributed by atoms with Crippen molar-refractivity contribution in [1.29, 1.82) is 0 Å². The van der Waals surface area contributed by atoms with E-state index >= 15 is 0 Å². The third kappa shape index (κ3) is 4.70. The fraction of sp³-hybridized carbons (Fsp3) is 0.280. The molecule has 2 heterocycles. The van der Waals surface area contributed by atoms with Gasteiger partial charge in [0.25, 0.3) is 0 Å². The summed E-state index contributed by atoms with van der Waals surface area (Å²) in [6, 6.07) is 10.6. The highest BCUT2D eigenvalue weighted by atomic mass is 16.5. The van der Waals surface area contributed by atoms with Gasteiger partial charge in [0.2, 0.25) is 5.78 Å². The van der Waals surface area contributed by atoms with Crippen LogP contribution in [0.3, 0.4) is 0 Å². The van der Waals surface area contributed by atoms with Crippen LogP contribution in [0, 0.1) is 0 Å². The molecular weight excluding hydrogens is 420 g/mol. The molecule has 2 N–H and O–H groups in total. The number of carbonyl (C=O) groups is 2. The summed E-state index contributed by atoms with van der Waals surface area (Å²) in [7, 11) is 7.29. The molecule has 8 heteroatoms. The number of ketones is 1. The van der Waals surface area contributed by atoms with Gasteiger partial charge in [-0.15, -0.1) is 0 Å². The van der Waals surface area contributed by atoms with E-state index in [1.54, 1.807) is 31.4 Å². The van der Waals surface area contributed by atoms with E-state index < -0.39 is 0 Å². The van der Waals surface area contributed by atoms with Crippen LogP contribution in [0.15, 0.2) is 48.4 Å². The maximum atomic E-state index is 13.0. The summed E-state index contributed by atoms with van der Waals surface area (Å²) >= 11 is 0. The molecule has 1 aromatic heterocycles. The fourth-order valence-corrected chi connectivity index (χ4v) is 3.89. The number of rotatable bonds is 7.